The fourth-order valence-corrected chi connectivity index (χ4v) is 1.17. The van der Waals surface area contributed by atoms with E-state index in [0.29, 0.717) is 5.56 Å². The molecule has 0 unspecified atom stereocenters. The third-order valence-corrected chi connectivity index (χ3v) is 1.76. The summed E-state index contributed by atoms with van der Waals surface area (Å²) in [5, 5.41) is 0.0971. The molecule has 3 nitrogen and oxygen atoms in total. The molecule has 0 aliphatic carbocycles. The zero-order chi connectivity index (χ0) is 10.6. The first-order valence-electron chi connectivity index (χ1n) is 3.68. The Morgan fingerprint density at radius 3 is 2.64 bits per heavy atom. The predicted molar refractivity (Wildman–Crippen MR) is 47.1 cm³/mol. The summed E-state index contributed by atoms with van der Waals surface area (Å²) >= 11 is 5.65. The molecule has 0 saturated heterocycles. The number of ether oxygens (including phenoxy) is 1. The van der Waals surface area contributed by atoms with E-state index in [1.54, 1.807) is 0 Å². The number of nitrogens with two attached hydrogens (primary N) is 1. The molecular formula is C8H8ClF2NO2. The summed E-state index contributed by atoms with van der Waals surface area (Å²) in [6.07, 6.45) is 0. The highest BCUT2D eigenvalue weighted by molar-refractivity contribution is 6.32. The number of rotatable bonds is 4. The van der Waals surface area contributed by atoms with Crippen molar-refractivity contribution in [2.24, 2.45) is 5.90 Å². The van der Waals surface area contributed by atoms with Gasteiger partial charge in [0.15, 0.2) is 0 Å². The number of hydrogen-bond donors (Lipinski definition) is 1. The van der Waals surface area contributed by atoms with Crippen LogP contribution in [0.25, 0.3) is 0 Å². The van der Waals surface area contributed by atoms with Crippen LogP contribution >= 0.6 is 11.6 Å². The van der Waals surface area contributed by atoms with Crippen molar-refractivity contribution in [1.29, 1.82) is 0 Å². The molecule has 0 saturated carbocycles. The quantitative estimate of drug-likeness (QED) is 0.797. The Morgan fingerprint density at radius 1 is 1.43 bits per heavy atom. The SMILES string of the molecule is NOCc1ccc(OC(F)F)c(Cl)c1. The number of alkyl halides is 2. The molecule has 0 fully saturated rings. The monoisotopic (exact) mass is 223 g/mol. The second-order valence-corrected chi connectivity index (χ2v) is 2.86. The Morgan fingerprint density at radius 2 is 2.14 bits per heavy atom. The molecule has 0 radical (unpaired) electrons. The molecule has 2 N–H and O–H groups in total. The molecule has 1 rings (SSSR count). The lowest BCUT2D eigenvalue weighted by Crippen LogP contribution is -2.03. The van der Waals surface area contributed by atoms with E-state index in [0.717, 1.165) is 0 Å². The van der Waals surface area contributed by atoms with E-state index in [4.69, 9.17) is 17.5 Å². The van der Waals surface area contributed by atoms with Gasteiger partial charge in [0.2, 0.25) is 0 Å². The van der Waals surface area contributed by atoms with Crippen molar-refractivity contribution in [3.63, 3.8) is 0 Å². The van der Waals surface area contributed by atoms with Gasteiger partial charge in [0.25, 0.3) is 0 Å². The second-order valence-electron chi connectivity index (χ2n) is 2.45. The average Bonchev–Trinajstić information content (AvgIpc) is 2.10. The molecule has 0 heterocycles. The molecule has 1 aromatic carbocycles. The van der Waals surface area contributed by atoms with E-state index in [1.807, 2.05) is 0 Å². The van der Waals surface area contributed by atoms with E-state index < -0.39 is 6.61 Å². The van der Waals surface area contributed by atoms with Crippen molar-refractivity contribution in [2.45, 2.75) is 13.2 Å². The van der Waals surface area contributed by atoms with Gasteiger partial charge in [0.1, 0.15) is 5.75 Å². The predicted octanol–water partition coefficient (Wildman–Crippen LogP) is 2.33. The van der Waals surface area contributed by atoms with Gasteiger partial charge in [-0.2, -0.15) is 8.78 Å². The van der Waals surface area contributed by atoms with Crippen LogP contribution in [0.5, 0.6) is 5.75 Å². The van der Waals surface area contributed by atoms with Gasteiger partial charge in [0, 0.05) is 0 Å². The van der Waals surface area contributed by atoms with E-state index in [-0.39, 0.29) is 17.4 Å². The van der Waals surface area contributed by atoms with Gasteiger partial charge in [-0.3, -0.25) is 4.84 Å². The number of benzene rings is 1. The Labute approximate surface area is 84.3 Å². The normalized spacial score (nSPS) is 10.6. The fraction of sp³-hybridized carbons (Fsp3) is 0.250. The van der Waals surface area contributed by atoms with Crippen LogP contribution in [0.1, 0.15) is 5.56 Å². The molecule has 78 valence electrons. The topological polar surface area (TPSA) is 44.5 Å². The zero-order valence-corrected chi connectivity index (χ0v) is 7.80. The summed E-state index contributed by atoms with van der Waals surface area (Å²) in [7, 11) is 0. The van der Waals surface area contributed by atoms with Crippen molar-refractivity contribution >= 4 is 11.6 Å². The van der Waals surface area contributed by atoms with E-state index in [9.17, 15) is 8.78 Å². The molecule has 1 aromatic rings. The molecule has 0 spiro atoms. The molecule has 0 atom stereocenters. The number of halogens is 3. The maximum Gasteiger partial charge on any atom is 0.387 e. The zero-order valence-electron chi connectivity index (χ0n) is 7.04. The van der Waals surface area contributed by atoms with Crippen molar-refractivity contribution in [1.82, 2.24) is 0 Å². The Kier molecular flexibility index (Phi) is 4.06. The maximum atomic E-state index is 11.8. The molecule has 0 bridgehead atoms. The van der Waals surface area contributed by atoms with Crippen LogP contribution < -0.4 is 10.6 Å². The number of hydrogen-bond acceptors (Lipinski definition) is 3. The lowest BCUT2D eigenvalue weighted by atomic mass is 10.2. The van der Waals surface area contributed by atoms with Crippen LogP contribution in [-0.4, -0.2) is 6.61 Å². The minimum atomic E-state index is -2.89. The lowest BCUT2D eigenvalue weighted by molar-refractivity contribution is -0.0498. The fourth-order valence-electron chi connectivity index (χ4n) is 0.922. The molecular weight excluding hydrogens is 216 g/mol. The Bertz CT molecular complexity index is 309. The summed E-state index contributed by atoms with van der Waals surface area (Å²) < 4.78 is 27.8. The van der Waals surface area contributed by atoms with Crippen molar-refractivity contribution < 1.29 is 18.4 Å². The van der Waals surface area contributed by atoms with Gasteiger partial charge >= 0.3 is 6.61 Å². The smallest absolute Gasteiger partial charge is 0.387 e. The molecule has 14 heavy (non-hydrogen) atoms. The van der Waals surface area contributed by atoms with Crippen molar-refractivity contribution in [2.75, 3.05) is 0 Å². The molecule has 0 aliphatic heterocycles. The van der Waals surface area contributed by atoms with Crippen LogP contribution in [0.2, 0.25) is 5.02 Å². The lowest BCUT2D eigenvalue weighted by Gasteiger charge is -2.07. The average molecular weight is 224 g/mol. The van der Waals surface area contributed by atoms with Gasteiger partial charge in [-0.15, -0.1) is 0 Å². The van der Waals surface area contributed by atoms with Gasteiger partial charge in [-0.05, 0) is 17.7 Å². The third kappa shape index (κ3) is 3.10. The van der Waals surface area contributed by atoms with Crippen LogP contribution in [0, 0.1) is 0 Å². The maximum absolute atomic E-state index is 11.8. The van der Waals surface area contributed by atoms with Crippen molar-refractivity contribution in [3.8, 4) is 5.75 Å². The minimum absolute atomic E-state index is 0.0672. The third-order valence-electron chi connectivity index (χ3n) is 1.46. The summed E-state index contributed by atoms with van der Waals surface area (Å²) in [6, 6.07) is 4.32. The van der Waals surface area contributed by atoms with E-state index >= 15 is 0 Å². The van der Waals surface area contributed by atoms with E-state index in [1.165, 1.54) is 18.2 Å². The summed E-state index contributed by atoms with van der Waals surface area (Å²) in [4.78, 5) is 4.36. The Hall–Kier alpha value is -0.910. The van der Waals surface area contributed by atoms with Gasteiger partial charge in [0.05, 0.1) is 11.6 Å². The highest BCUT2D eigenvalue weighted by Gasteiger charge is 2.08. The molecule has 0 aliphatic rings. The largest absolute Gasteiger partial charge is 0.433 e. The highest BCUT2D eigenvalue weighted by Crippen LogP contribution is 2.26. The first kappa shape index (κ1) is 11.2. The van der Waals surface area contributed by atoms with Crippen LogP contribution in [0.4, 0.5) is 8.78 Å². The van der Waals surface area contributed by atoms with Crippen LogP contribution in [0.3, 0.4) is 0 Å². The van der Waals surface area contributed by atoms with Gasteiger partial charge < -0.3 is 4.74 Å². The summed E-state index contributed by atoms with van der Waals surface area (Å²) in [5.74, 6) is 4.77. The second kappa shape index (κ2) is 5.09. The molecule has 6 heteroatoms. The summed E-state index contributed by atoms with van der Waals surface area (Å²) in [5.41, 5.74) is 0.680. The van der Waals surface area contributed by atoms with E-state index in [2.05, 4.69) is 9.57 Å². The standard InChI is InChI=1S/C8H8ClF2NO2/c9-6-3-5(4-13-12)1-2-7(6)14-8(10)11/h1-3,8H,4,12H2. The van der Waals surface area contributed by atoms with Gasteiger partial charge in [-0.1, -0.05) is 17.7 Å². The highest BCUT2D eigenvalue weighted by atomic mass is 35.5. The van der Waals surface area contributed by atoms with Crippen molar-refractivity contribution in [3.05, 3.63) is 28.8 Å². The van der Waals surface area contributed by atoms with Crippen LogP contribution in [0.15, 0.2) is 18.2 Å². The summed E-state index contributed by atoms with van der Waals surface area (Å²) in [6.45, 7) is -2.72. The minimum Gasteiger partial charge on any atom is -0.433 e. The van der Waals surface area contributed by atoms with Crippen LogP contribution in [-0.2, 0) is 11.4 Å². The molecule has 0 amide bonds. The molecule has 0 aromatic heterocycles. The Balaban J connectivity index is 2.79. The van der Waals surface area contributed by atoms with Gasteiger partial charge in [-0.25, -0.2) is 5.90 Å². The first-order valence-corrected chi connectivity index (χ1v) is 4.06. The first-order chi connectivity index (χ1) is 6.63.